The van der Waals surface area contributed by atoms with Crippen molar-refractivity contribution in [1.82, 2.24) is 4.90 Å². The largest absolute Gasteiger partial charge is 0.480 e. The maximum atomic E-state index is 11.9. The van der Waals surface area contributed by atoms with Crippen molar-refractivity contribution in [2.24, 2.45) is 0 Å². The predicted molar refractivity (Wildman–Crippen MR) is 67.0 cm³/mol. The molecule has 0 spiro atoms. The second-order valence-corrected chi connectivity index (χ2v) is 4.69. The Morgan fingerprint density at radius 3 is 2.83 bits per heavy atom. The summed E-state index contributed by atoms with van der Waals surface area (Å²) in [5.74, 6) is -0.964. The van der Waals surface area contributed by atoms with Crippen LogP contribution in [0.5, 0.6) is 0 Å². The molecule has 4 heteroatoms. The summed E-state index contributed by atoms with van der Waals surface area (Å²) in [5, 5.41) is 9.18. The number of nitrogens with zero attached hydrogens (tertiary/aromatic N) is 1. The minimum absolute atomic E-state index is 0.0584. The van der Waals surface area contributed by atoms with Gasteiger partial charge in [-0.05, 0) is 30.9 Å². The molecule has 2 rings (SSSR count). The van der Waals surface area contributed by atoms with Gasteiger partial charge >= 0.3 is 5.97 Å². The second-order valence-electron chi connectivity index (χ2n) is 4.69. The van der Waals surface area contributed by atoms with Gasteiger partial charge in [-0.1, -0.05) is 24.3 Å². The zero-order chi connectivity index (χ0) is 13.1. The van der Waals surface area contributed by atoms with Gasteiger partial charge in [-0.2, -0.15) is 0 Å². The third-order valence-electron chi connectivity index (χ3n) is 3.45. The molecule has 96 valence electrons. The lowest BCUT2D eigenvalue weighted by molar-refractivity contribution is -0.153. The highest BCUT2D eigenvalue weighted by atomic mass is 16.4. The van der Waals surface area contributed by atoms with E-state index in [-0.39, 0.29) is 5.91 Å². The fourth-order valence-electron chi connectivity index (χ4n) is 2.35. The van der Waals surface area contributed by atoms with Crippen LogP contribution < -0.4 is 0 Å². The van der Waals surface area contributed by atoms with Crippen molar-refractivity contribution in [3.05, 3.63) is 35.4 Å². The van der Waals surface area contributed by atoms with E-state index in [1.807, 2.05) is 31.2 Å². The summed E-state index contributed by atoms with van der Waals surface area (Å²) in [6, 6.07) is 7.08. The fraction of sp³-hybridized carbons (Fsp3) is 0.429. The van der Waals surface area contributed by atoms with Crippen LogP contribution in [0.1, 0.15) is 30.4 Å². The van der Waals surface area contributed by atoms with Crippen LogP contribution in [0.2, 0.25) is 0 Å². The maximum Gasteiger partial charge on any atom is 0.326 e. The summed E-state index contributed by atoms with van der Waals surface area (Å²) in [7, 11) is 0. The molecule has 0 aromatic heterocycles. The zero-order valence-corrected chi connectivity index (χ0v) is 10.4. The van der Waals surface area contributed by atoms with Gasteiger partial charge in [-0.25, -0.2) is 4.79 Å². The Kier molecular flexibility index (Phi) is 3.65. The summed E-state index contributed by atoms with van der Waals surface area (Å²) in [4.78, 5) is 24.6. The molecule has 0 saturated carbocycles. The first-order chi connectivity index (χ1) is 8.59. The number of carboxylic acid groups (broad SMARTS) is 1. The lowest BCUT2D eigenvalue weighted by atomic mass is 9.99. The van der Waals surface area contributed by atoms with Crippen molar-refractivity contribution >= 4 is 11.9 Å². The molecule has 1 atom stereocenters. The van der Waals surface area contributed by atoms with E-state index in [4.69, 9.17) is 0 Å². The van der Waals surface area contributed by atoms with E-state index in [0.717, 1.165) is 11.1 Å². The van der Waals surface area contributed by atoms with Crippen LogP contribution >= 0.6 is 0 Å². The number of carbonyl (C=O) groups excluding carboxylic acids is 1. The molecule has 0 aliphatic carbocycles. The molecule has 1 heterocycles. The Labute approximate surface area is 106 Å². The average molecular weight is 247 g/mol. The Morgan fingerprint density at radius 1 is 1.44 bits per heavy atom. The molecular formula is C14H17NO3. The summed E-state index contributed by atoms with van der Waals surface area (Å²) >= 11 is 0. The Hall–Kier alpha value is -1.84. The molecule has 1 aromatic carbocycles. The molecule has 1 amide bonds. The molecule has 1 saturated heterocycles. The first-order valence-electron chi connectivity index (χ1n) is 6.16. The molecule has 1 aliphatic rings. The molecule has 18 heavy (non-hydrogen) atoms. The quantitative estimate of drug-likeness (QED) is 0.888. The van der Waals surface area contributed by atoms with E-state index >= 15 is 0 Å². The van der Waals surface area contributed by atoms with Crippen LogP contribution in [-0.4, -0.2) is 27.9 Å². The van der Waals surface area contributed by atoms with Crippen molar-refractivity contribution in [3.8, 4) is 0 Å². The van der Waals surface area contributed by atoms with Crippen LogP contribution in [0.3, 0.4) is 0 Å². The number of rotatable bonds is 3. The predicted octanol–water partition coefficient (Wildman–Crippen LogP) is 1.96. The molecule has 0 radical (unpaired) electrons. The van der Waals surface area contributed by atoms with Gasteiger partial charge < -0.3 is 10.0 Å². The van der Waals surface area contributed by atoms with E-state index in [2.05, 4.69) is 0 Å². The highest BCUT2D eigenvalue weighted by Gasteiger charge is 2.33. The lowest BCUT2D eigenvalue weighted by Crippen LogP contribution is -2.47. The number of amides is 1. The van der Waals surface area contributed by atoms with E-state index in [1.165, 1.54) is 4.90 Å². The van der Waals surface area contributed by atoms with E-state index in [1.54, 1.807) is 0 Å². The molecule has 1 aromatic rings. The number of likely N-dealkylation sites (tertiary alicyclic amines) is 1. The smallest absolute Gasteiger partial charge is 0.326 e. The van der Waals surface area contributed by atoms with Gasteiger partial charge in [-0.15, -0.1) is 0 Å². The van der Waals surface area contributed by atoms with Gasteiger partial charge in [0.15, 0.2) is 0 Å². The number of carbonyl (C=O) groups is 2. The maximum absolute atomic E-state index is 11.9. The number of aliphatic carboxylic acids is 1. The minimum atomic E-state index is -0.906. The Bertz CT molecular complexity index is 470. The van der Waals surface area contributed by atoms with Crippen molar-refractivity contribution in [2.75, 3.05) is 0 Å². The van der Waals surface area contributed by atoms with Gasteiger partial charge in [0, 0.05) is 13.0 Å². The van der Waals surface area contributed by atoms with E-state index in [9.17, 15) is 14.7 Å². The first kappa shape index (κ1) is 12.6. The number of piperidine rings is 1. The van der Waals surface area contributed by atoms with E-state index in [0.29, 0.717) is 25.8 Å². The Balaban J connectivity index is 2.21. The highest BCUT2D eigenvalue weighted by molar-refractivity contribution is 5.84. The molecule has 1 aliphatic heterocycles. The number of hydrogen-bond donors (Lipinski definition) is 1. The molecule has 0 unspecified atom stereocenters. The molecule has 4 nitrogen and oxygen atoms in total. The average Bonchev–Trinajstić information content (AvgIpc) is 2.34. The summed E-state index contributed by atoms with van der Waals surface area (Å²) in [6.07, 6.45) is 1.67. The first-order valence-corrected chi connectivity index (χ1v) is 6.16. The molecular weight excluding hydrogens is 230 g/mol. The second kappa shape index (κ2) is 5.21. The normalized spacial score (nSPS) is 19.9. The third kappa shape index (κ3) is 2.53. The van der Waals surface area contributed by atoms with Crippen molar-refractivity contribution in [1.29, 1.82) is 0 Å². The highest BCUT2D eigenvalue weighted by Crippen LogP contribution is 2.22. The monoisotopic (exact) mass is 247 g/mol. The molecule has 1 fully saturated rings. The molecule has 1 N–H and O–H groups in total. The van der Waals surface area contributed by atoms with Gasteiger partial charge in [0.2, 0.25) is 5.91 Å². The molecule has 0 bridgehead atoms. The number of aryl methyl sites for hydroxylation is 1. The SMILES string of the molecule is Cc1ccccc1CN1C(=O)CCC[C@H]1C(=O)O. The third-order valence-corrected chi connectivity index (χ3v) is 3.45. The summed E-state index contributed by atoms with van der Waals surface area (Å²) in [6.45, 7) is 2.36. The van der Waals surface area contributed by atoms with Crippen LogP contribution in [0, 0.1) is 6.92 Å². The van der Waals surface area contributed by atoms with Crippen LogP contribution in [0.15, 0.2) is 24.3 Å². The number of hydrogen-bond acceptors (Lipinski definition) is 2. The van der Waals surface area contributed by atoms with Crippen LogP contribution in [-0.2, 0) is 16.1 Å². The minimum Gasteiger partial charge on any atom is -0.480 e. The standard InChI is InChI=1S/C14H17NO3/c1-10-5-2-3-6-11(10)9-15-12(14(17)18)7-4-8-13(15)16/h2-3,5-6,12H,4,7-9H2,1H3,(H,17,18)/t12-/m0/s1. The van der Waals surface area contributed by atoms with Crippen molar-refractivity contribution < 1.29 is 14.7 Å². The number of benzene rings is 1. The summed E-state index contributed by atoms with van der Waals surface area (Å²) < 4.78 is 0. The van der Waals surface area contributed by atoms with Crippen LogP contribution in [0.25, 0.3) is 0 Å². The van der Waals surface area contributed by atoms with Gasteiger partial charge in [0.25, 0.3) is 0 Å². The van der Waals surface area contributed by atoms with Crippen LogP contribution in [0.4, 0.5) is 0 Å². The number of carboxylic acids is 1. The summed E-state index contributed by atoms with van der Waals surface area (Å²) in [5.41, 5.74) is 2.10. The van der Waals surface area contributed by atoms with Crippen molar-refractivity contribution in [2.45, 2.75) is 38.8 Å². The topological polar surface area (TPSA) is 57.6 Å². The van der Waals surface area contributed by atoms with Gasteiger partial charge in [-0.3, -0.25) is 4.79 Å². The Morgan fingerprint density at radius 2 is 2.17 bits per heavy atom. The van der Waals surface area contributed by atoms with Gasteiger partial charge in [0.05, 0.1) is 0 Å². The zero-order valence-electron chi connectivity index (χ0n) is 10.4. The lowest BCUT2D eigenvalue weighted by Gasteiger charge is -2.33. The fourth-order valence-corrected chi connectivity index (χ4v) is 2.35. The van der Waals surface area contributed by atoms with E-state index < -0.39 is 12.0 Å². The van der Waals surface area contributed by atoms with Gasteiger partial charge in [0.1, 0.15) is 6.04 Å². The van der Waals surface area contributed by atoms with Crippen molar-refractivity contribution in [3.63, 3.8) is 0 Å².